The topological polar surface area (TPSA) is 76.6 Å². The molecule has 98 valence electrons. The minimum absolute atomic E-state index is 0.135. The van der Waals surface area contributed by atoms with Gasteiger partial charge in [0.15, 0.2) is 12.6 Å². The molecule has 1 aromatic rings. The molecular weight excluding hydrogens is 230 g/mol. The molecule has 0 aromatic heterocycles. The molecule has 18 heavy (non-hydrogen) atoms. The van der Waals surface area contributed by atoms with E-state index in [2.05, 4.69) is 5.32 Å². The number of quaternary nitrogens is 1. The molecule has 0 spiro atoms. The van der Waals surface area contributed by atoms with E-state index in [9.17, 15) is 9.59 Å². The first-order chi connectivity index (χ1) is 8.40. The summed E-state index contributed by atoms with van der Waals surface area (Å²) in [6.45, 7) is 3.90. The number of anilines is 1. The van der Waals surface area contributed by atoms with Crippen molar-refractivity contribution in [2.75, 3.05) is 18.9 Å². The van der Waals surface area contributed by atoms with Gasteiger partial charge in [0.2, 0.25) is 0 Å². The number of likely N-dealkylation sites (N-methyl/N-ethyl adjacent to an activating group) is 1. The van der Waals surface area contributed by atoms with E-state index in [0.29, 0.717) is 0 Å². The summed E-state index contributed by atoms with van der Waals surface area (Å²) in [6.07, 6.45) is 0. The highest BCUT2D eigenvalue weighted by Gasteiger charge is 2.21. The minimum atomic E-state index is -0.407. The monoisotopic (exact) mass is 250 g/mol. The largest absolute Gasteiger partial charge is 0.365 e. The van der Waals surface area contributed by atoms with Gasteiger partial charge in [-0.3, -0.25) is 9.59 Å². The Morgan fingerprint density at radius 2 is 1.89 bits per heavy atom. The summed E-state index contributed by atoms with van der Waals surface area (Å²) in [7, 11) is 1.77. The maximum atomic E-state index is 11.8. The maximum absolute atomic E-state index is 11.8. The average molecular weight is 250 g/mol. The Morgan fingerprint density at radius 3 is 2.39 bits per heavy atom. The SMILES string of the molecule is Cc1ccc(NC(=O)C[NH+](C)[C@H](C)C(N)=O)cc1. The summed E-state index contributed by atoms with van der Waals surface area (Å²) in [5.41, 5.74) is 7.08. The molecule has 0 aliphatic rings. The van der Waals surface area contributed by atoms with E-state index in [-0.39, 0.29) is 18.5 Å². The summed E-state index contributed by atoms with van der Waals surface area (Å²) in [4.78, 5) is 23.5. The Bertz CT molecular complexity index is 428. The van der Waals surface area contributed by atoms with Gasteiger partial charge in [-0.25, -0.2) is 0 Å². The number of nitrogens with one attached hydrogen (secondary N) is 2. The molecule has 0 saturated heterocycles. The summed E-state index contributed by atoms with van der Waals surface area (Å²) in [5.74, 6) is -0.542. The van der Waals surface area contributed by atoms with Crippen molar-refractivity contribution in [3.8, 4) is 0 Å². The number of rotatable bonds is 5. The number of benzene rings is 1. The van der Waals surface area contributed by atoms with Gasteiger partial charge in [-0.1, -0.05) is 17.7 Å². The third-order valence-corrected chi connectivity index (χ3v) is 2.94. The van der Waals surface area contributed by atoms with Crippen molar-refractivity contribution in [2.45, 2.75) is 19.9 Å². The number of carbonyl (C=O) groups is 2. The fraction of sp³-hybridized carbons (Fsp3) is 0.385. The van der Waals surface area contributed by atoms with E-state index >= 15 is 0 Å². The summed E-state index contributed by atoms with van der Waals surface area (Å²) >= 11 is 0. The summed E-state index contributed by atoms with van der Waals surface area (Å²) in [5, 5.41) is 2.78. The van der Waals surface area contributed by atoms with Crippen molar-refractivity contribution in [3.63, 3.8) is 0 Å². The maximum Gasteiger partial charge on any atom is 0.279 e. The zero-order chi connectivity index (χ0) is 13.7. The van der Waals surface area contributed by atoms with Crippen LogP contribution in [-0.2, 0) is 9.59 Å². The fourth-order valence-electron chi connectivity index (χ4n) is 1.49. The molecule has 0 bridgehead atoms. The Balaban J connectivity index is 2.51. The van der Waals surface area contributed by atoms with E-state index in [4.69, 9.17) is 5.73 Å². The van der Waals surface area contributed by atoms with Gasteiger partial charge in [-0.2, -0.15) is 0 Å². The van der Waals surface area contributed by atoms with Gasteiger partial charge in [0.25, 0.3) is 11.8 Å². The lowest BCUT2D eigenvalue weighted by Crippen LogP contribution is -3.15. The molecule has 5 nitrogen and oxygen atoms in total. The molecule has 0 fully saturated rings. The van der Waals surface area contributed by atoms with E-state index in [1.165, 1.54) is 0 Å². The van der Waals surface area contributed by atoms with Gasteiger partial charge >= 0.3 is 0 Å². The first kappa shape index (κ1) is 14.2. The molecule has 0 heterocycles. The first-order valence-corrected chi connectivity index (χ1v) is 5.88. The van der Waals surface area contributed by atoms with Crippen LogP contribution in [-0.4, -0.2) is 31.4 Å². The van der Waals surface area contributed by atoms with Gasteiger partial charge in [0, 0.05) is 5.69 Å². The van der Waals surface area contributed by atoms with Crippen LogP contribution >= 0.6 is 0 Å². The molecule has 2 atom stereocenters. The number of amides is 2. The second-order valence-electron chi connectivity index (χ2n) is 4.56. The van der Waals surface area contributed by atoms with Crippen LogP contribution in [0.3, 0.4) is 0 Å². The predicted molar refractivity (Wildman–Crippen MR) is 70.2 cm³/mol. The van der Waals surface area contributed by atoms with E-state index < -0.39 is 5.91 Å². The predicted octanol–water partition coefficient (Wildman–Crippen LogP) is -0.678. The number of aryl methyl sites for hydroxylation is 1. The van der Waals surface area contributed by atoms with Crippen LogP contribution in [0.5, 0.6) is 0 Å². The van der Waals surface area contributed by atoms with Crippen LogP contribution in [0.25, 0.3) is 0 Å². The quantitative estimate of drug-likeness (QED) is 0.648. The van der Waals surface area contributed by atoms with Gasteiger partial charge in [-0.15, -0.1) is 0 Å². The Morgan fingerprint density at radius 1 is 1.33 bits per heavy atom. The van der Waals surface area contributed by atoms with Crippen molar-refractivity contribution in [2.24, 2.45) is 5.73 Å². The van der Waals surface area contributed by atoms with Crippen LogP contribution in [0.4, 0.5) is 5.69 Å². The van der Waals surface area contributed by atoms with Crippen molar-refractivity contribution in [1.82, 2.24) is 0 Å². The summed E-state index contributed by atoms with van der Waals surface area (Å²) < 4.78 is 0. The number of carbonyl (C=O) groups excluding carboxylic acids is 2. The van der Waals surface area contributed by atoms with Crippen molar-refractivity contribution < 1.29 is 14.5 Å². The van der Waals surface area contributed by atoms with E-state index in [1.807, 2.05) is 31.2 Å². The first-order valence-electron chi connectivity index (χ1n) is 5.88. The lowest BCUT2D eigenvalue weighted by Gasteiger charge is -2.18. The fourth-order valence-corrected chi connectivity index (χ4v) is 1.49. The zero-order valence-electron chi connectivity index (χ0n) is 11.0. The molecule has 5 heteroatoms. The molecule has 0 radical (unpaired) electrons. The lowest BCUT2D eigenvalue weighted by molar-refractivity contribution is -0.885. The van der Waals surface area contributed by atoms with Crippen molar-refractivity contribution in [3.05, 3.63) is 29.8 Å². The molecule has 1 aromatic carbocycles. The molecular formula is C13H20N3O2+. The lowest BCUT2D eigenvalue weighted by atomic mass is 10.2. The second kappa shape index (κ2) is 6.16. The normalized spacial score (nSPS) is 13.7. The molecule has 1 rings (SSSR count). The highest BCUT2D eigenvalue weighted by molar-refractivity contribution is 5.91. The zero-order valence-corrected chi connectivity index (χ0v) is 11.0. The number of primary amides is 1. The minimum Gasteiger partial charge on any atom is -0.365 e. The number of hydrogen-bond acceptors (Lipinski definition) is 2. The molecule has 1 unspecified atom stereocenters. The van der Waals surface area contributed by atoms with Gasteiger partial charge in [-0.05, 0) is 26.0 Å². The third kappa shape index (κ3) is 4.18. The standard InChI is InChI=1S/C13H19N3O2/c1-9-4-6-11(7-5-9)15-12(17)8-16(3)10(2)13(14)18/h4-7,10H,8H2,1-3H3,(H2,14,18)(H,15,17)/p+1/t10-/m1/s1. The van der Waals surface area contributed by atoms with Gasteiger partial charge < -0.3 is 16.0 Å². The Labute approximate surface area is 107 Å². The average Bonchev–Trinajstić information content (AvgIpc) is 2.30. The highest BCUT2D eigenvalue weighted by Crippen LogP contribution is 2.07. The number of hydrogen-bond donors (Lipinski definition) is 3. The Hall–Kier alpha value is -1.88. The van der Waals surface area contributed by atoms with Crippen LogP contribution in [0, 0.1) is 6.92 Å². The Kier molecular flexibility index (Phi) is 4.85. The van der Waals surface area contributed by atoms with Crippen LogP contribution in [0.1, 0.15) is 12.5 Å². The van der Waals surface area contributed by atoms with Crippen molar-refractivity contribution in [1.29, 1.82) is 0 Å². The van der Waals surface area contributed by atoms with Crippen LogP contribution in [0.15, 0.2) is 24.3 Å². The smallest absolute Gasteiger partial charge is 0.279 e. The van der Waals surface area contributed by atoms with Crippen LogP contribution < -0.4 is 16.0 Å². The van der Waals surface area contributed by atoms with E-state index in [1.54, 1.807) is 14.0 Å². The van der Waals surface area contributed by atoms with E-state index in [0.717, 1.165) is 16.2 Å². The van der Waals surface area contributed by atoms with Crippen LogP contribution in [0.2, 0.25) is 0 Å². The van der Waals surface area contributed by atoms with Crippen molar-refractivity contribution >= 4 is 17.5 Å². The molecule has 0 saturated carbocycles. The third-order valence-electron chi connectivity index (χ3n) is 2.94. The molecule has 4 N–H and O–H groups in total. The van der Waals surface area contributed by atoms with Gasteiger partial charge in [0.05, 0.1) is 7.05 Å². The highest BCUT2D eigenvalue weighted by atomic mass is 16.2. The second-order valence-corrected chi connectivity index (χ2v) is 4.56. The molecule has 0 aliphatic carbocycles. The molecule has 0 aliphatic heterocycles. The van der Waals surface area contributed by atoms with Gasteiger partial charge in [0.1, 0.15) is 0 Å². The number of nitrogens with two attached hydrogens (primary N) is 1. The molecule has 2 amide bonds. The summed E-state index contributed by atoms with van der Waals surface area (Å²) in [6, 6.07) is 7.17.